The van der Waals surface area contributed by atoms with E-state index >= 15 is 0 Å². The normalized spacial score (nSPS) is 23.8. The maximum Gasteiger partial charge on any atom is 0.224 e. The molecule has 0 aliphatic carbocycles. The molecule has 0 saturated heterocycles. The molecule has 0 unspecified atom stereocenters. The number of hydrogen-bond donors (Lipinski definition) is 1. The maximum atomic E-state index is 12.1. The van der Waals surface area contributed by atoms with Crippen LogP contribution in [0.2, 0.25) is 0 Å². The summed E-state index contributed by atoms with van der Waals surface area (Å²) in [7, 11) is 0. The number of para-hydroxylation sites is 1. The topological polar surface area (TPSA) is 45.2 Å². The maximum absolute atomic E-state index is 12.1. The second kappa shape index (κ2) is 5.79. The Kier molecular flexibility index (Phi) is 3.84. The first-order valence-electron chi connectivity index (χ1n) is 7.66. The highest BCUT2D eigenvalue weighted by atomic mass is 16.2. The number of rotatable bonds is 2. The molecule has 0 saturated carbocycles. The van der Waals surface area contributed by atoms with Crippen molar-refractivity contribution in [1.29, 1.82) is 0 Å². The fraction of sp³-hybridized carbons (Fsp3) is 0.333. The molecule has 0 radical (unpaired) electrons. The van der Waals surface area contributed by atoms with Gasteiger partial charge in [0, 0.05) is 30.8 Å². The number of nitrogens with zero attached hydrogens (tertiary/aromatic N) is 2. The summed E-state index contributed by atoms with van der Waals surface area (Å²) < 4.78 is 0. The summed E-state index contributed by atoms with van der Waals surface area (Å²) >= 11 is 0. The third kappa shape index (κ3) is 2.45. The van der Waals surface area contributed by atoms with E-state index in [2.05, 4.69) is 36.3 Å². The minimum atomic E-state index is 0.0618. The monoisotopic (exact) mass is 295 g/mol. The predicted molar refractivity (Wildman–Crippen MR) is 88.8 cm³/mol. The third-order valence-corrected chi connectivity index (χ3v) is 4.50. The highest BCUT2D eigenvalue weighted by molar-refractivity contribution is 5.93. The number of fused-ring (bicyclic) bond motifs is 1. The Labute approximate surface area is 131 Å². The first kappa shape index (κ1) is 14.6. The number of carbonyl (C=O) groups excluding carboxylic acids is 1. The third-order valence-electron chi connectivity index (χ3n) is 4.50. The summed E-state index contributed by atoms with van der Waals surface area (Å²) in [4.78, 5) is 18.5. The minimum absolute atomic E-state index is 0.0618. The molecule has 2 heterocycles. The molecule has 3 rings (SSSR count). The van der Waals surface area contributed by atoms with E-state index in [1.165, 1.54) is 0 Å². The van der Waals surface area contributed by atoms with E-state index in [1.807, 2.05) is 35.2 Å². The van der Waals surface area contributed by atoms with Crippen molar-refractivity contribution in [2.75, 3.05) is 10.2 Å². The molecule has 1 amide bonds. The van der Waals surface area contributed by atoms with Crippen molar-refractivity contribution in [1.82, 2.24) is 4.98 Å². The molecule has 114 valence electrons. The molecule has 0 bridgehead atoms. The second-order valence-corrected chi connectivity index (χ2v) is 5.88. The van der Waals surface area contributed by atoms with E-state index in [-0.39, 0.29) is 23.9 Å². The first-order valence-corrected chi connectivity index (χ1v) is 7.66. The smallest absolute Gasteiger partial charge is 0.224 e. The summed E-state index contributed by atoms with van der Waals surface area (Å²) in [6, 6.07) is 14.2. The van der Waals surface area contributed by atoms with Gasteiger partial charge in [0.15, 0.2) is 0 Å². The van der Waals surface area contributed by atoms with Gasteiger partial charge in [-0.2, -0.15) is 0 Å². The van der Waals surface area contributed by atoms with Crippen molar-refractivity contribution in [3.63, 3.8) is 0 Å². The van der Waals surface area contributed by atoms with Gasteiger partial charge in [0.05, 0.1) is 17.4 Å². The Balaban J connectivity index is 2.03. The molecular formula is C18H21N3O. The first-order chi connectivity index (χ1) is 10.6. The van der Waals surface area contributed by atoms with Gasteiger partial charge in [-0.15, -0.1) is 0 Å². The van der Waals surface area contributed by atoms with Crippen LogP contribution in [0.15, 0.2) is 48.7 Å². The van der Waals surface area contributed by atoms with Crippen molar-refractivity contribution < 1.29 is 4.79 Å². The Morgan fingerprint density at radius 2 is 1.86 bits per heavy atom. The van der Waals surface area contributed by atoms with Gasteiger partial charge < -0.3 is 10.2 Å². The van der Waals surface area contributed by atoms with Gasteiger partial charge in [-0.3, -0.25) is 9.78 Å². The molecule has 1 aromatic carbocycles. The van der Waals surface area contributed by atoms with Crippen LogP contribution in [-0.2, 0) is 4.79 Å². The van der Waals surface area contributed by atoms with E-state index in [9.17, 15) is 4.79 Å². The molecule has 0 spiro atoms. The molecular weight excluding hydrogens is 274 g/mol. The molecule has 1 N–H and O–H groups in total. The van der Waals surface area contributed by atoms with Crippen LogP contribution < -0.4 is 10.2 Å². The van der Waals surface area contributed by atoms with Crippen LogP contribution in [0.5, 0.6) is 0 Å². The zero-order valence-corrected chi connectivity index (χ0v) is 13.2. The number of amides is 1. The molecule has 3 atom stereocenters. The highest BCUT2D eigenvalue weighted by Gasteiger charge is 2.38. The Morgan fingerprint density at radius 1 is 1.14 bits per heavy atom. The lowest BCUT2D eigenvalue weighted by atomic mass is 9.85. The number of carbonyl (C=O) groups is 1. The largest absolute Gasteiger partial charge is 0.376 e. The van der Waals surface area contributed by atoms with Crippen LogP contribution in [0.1, 0.15) is 32.5 Å². The van der Waals surface area contributed by atoms with Gasteiger partial charge in [-0.05, 0) is 31.2 Å². The van der Waals surface area contributed by atoms with Crippen molar-refractivity contribution in [3.05, 3.63) is 54.4 Å². The highest BCUT2D eigenvalue weighted by Crippen LogP contribution is 2.40. The average Bonchev–Trinajstić information content (AvgIpc) is 2.52. The molecule has 2 aromatic rings. The van der Waals surface area contributed by atoms with E-state index in [0.29, 0.717) is 0 Å². The van der Waals surface area contributed by atoms with E-state index in [0.717, 1.165) is 17.1 Å². The van der Waals surface area contributed by atoms with Gasteiger partial charge in [-0.25, -0.2) is 0 Å². The molecule has 4 nitrogen and oxygen atoms in total. The van der Waals surface area contributed by atoms with Crippen LogP contribution in [0.3, 0.4) is 0 Å². The number of anilines is 2. The molecule has 22 heavy (non-hydrogen) atoms. The van der Waals surface area contributed by atoms with Crippen LogP contribution in [-0.4, -0.2) is 16.9 Å². The van der Waals surface area contributed by atoms with Crippen LogP contribution >= 0.6 is 0 Å². The lowest BCUT2D eigenvalue weighted by Gasteiger charge is -2.43. The molecule has 1 aromatic heterocycles. The average molecular weight is 295 g/mol. The number of benzene rings is 1. The van der Waals surface area contributed by atoms with E-state index < -0.39 is 0 Å². The quantitative estimate of drug-likeness (QED) is 0.920. The van der Waals surface area contributed by atoms with Crippen molar-refractivity contribution in [2.24, 2.45) is 5.92 Å². The number of hydrogen-bond acceptors (Lipinski definition) is 3. The minimum Gasteiger partial charge on any atom is -0.376 e. The molecule has 1 aliphatic rings. The number of aromatic nitrogens is 1. The second-order valence-electron chi connectivity index (χ2n) is 5.88. The Morgan fingerprint density at radius 3 is 2.55 bits per heavy atom. The van der Waals surface area contributed by atoms with Crippen LogP contribution in [0, 0.1) is 5.92 Å². The SMILES string of the molecule is CC(=O)N1c2cccnc2[C@H](Nc2ccccc2)[C@@H](C)[C@@H]1C. The molecule has 4 heteroatoms. The predicted octanol–water partition coefficient (Wildman–Crippen LogP) is 3.63. The van der Waals surface area contributed by atoms with Crippen molar-refractivity contribution in [3.8, 4) is 0 Å². The fourth-order valence-corrected chi connectivity index (χ4v) is 3.20. The summed E-state index contributed by atoms with van der Waals surface area (Å²) in [5.74, 6) is 0.318. The summed E-state index contributed by atoms with van der Waals surface area (Å²) in [6.07, 6.45) is 1.79. The van der Waals surface area contributed by atoms with Crippen molar-refractivity contribution in [2.45, 2.75) is 32.9 Å². The standard InChI is InChI=1S/C18H21N3O/c1-12-13(2)21(14(3)22)16-10-7-11-19-18(16)17(12)20-15-8-5-4-6-9-15/h4-13,17,20H,1-3H3/t12-,13-,17+/m0/s1. The van der Waals surface area contributed by atoms with E-state index in [1.54, 1.807) is 13.1 Å². The zero-order valence-electron chi connectivity index (χ0n) is 13.2. The summed E-state index contributed by atoms with van der Waals surface area (Å²) in [5.41, 5.74) is 2.92. The summed E-state index contributed by atoms with van der Waals surface area (Å²) in [5, 5.41) is 3.58. The number of pyridine rings is 1. The van der Waals surface area contributed by atoms with Gasteiger partial charge >= 0.3 is 0 Å². The molecule has 1 aliphatic heterocycles. The fourth-order valence-electron chi connectivity index (χ4n) is 3.20. The van der Waals surface area contributed by atoms with Gasteiger partial charge in [-0.1, -0.05) is 25.1 Å². The van der Waals surface area contributed by atoms with Gasteiger partial charge in [0.1, 0.15) is 0 Å². The number of nitrogens with one attached hydrogen (secondary N) is 1. The molecule has 0 fully saturated rings. The lowest BCUT2D eigenvalue weighted by Crippen LogP contribution is -2.48. The lowest BCUT2D eigenvalue weighted by molar-refractivity contribution is -0.117. The Bertz CT molecular complexity index is 671. The summed E-state index contributed by atoms with van der Waals surface area (Å²) in [6.45, 7) is 5.88. The van der Waals surface area contributed by atoms with Crippen LogP contribution in [0.4, 0.5) is 11.4 Å². The van der Waals surface area contributed by atoms with Crippen LogP contribution in [0.25, 0.3) is 0 Å². The van der Waals surface area contributed by atoms with Gasteiger partial charge in [0.25, 0.3) is 0 Å². The zero-order chi connectivity index (χ0) is 15.7. The van der Waals surface area contributed by atoms with Gasteiger partial charge in [0.2, 0.25) is 5.91 Å². The van der Waals surface area contributed by atoms with E-state index in [4.69, 9.17) is 0 Å². The van der Waals surface area contributed by atoms with Crippen molar-refractivity contribution >= 4 is 17.3 Å². The Hall–Kier alpha value is -2.36.